The molecule has 2 aromatic carbocycles. The fraction of sp³-hybridized carbons (Fsp3) is 0.111. The lowest BCUT2D eigenvalue weighted by Gasteiger charge is -2.16. The van der Waals surface area contributed by atoms with E-state index in [1.165, 1.54) is 4.90 Å². The van der Waals surface area contributed by atoms with Crippen molar-refractivity contribution in [1.29, 1.82) is 0 Å². The van der Waals surface area contributed by atoms with Crippen LogP contribution in [-0.4, -0.2) is 29.8 Å². The van der Waals surface area contributed by atoms with Gasteiger partial charge in [-0.15, -0.1) is 0 Å². The number of thioether (sulfide) groups is 1. The van der Waals surface area contributed by atoms with Crippen LogP contribution in [0, 0.1) is 0 Å². The molecule has 0 saturated carbocycles. The van der Waals surface area contributed by atoms with Gasteiger partial charge in [0.15, 0.2) is 0 Å². The zero-order chi connectivity index (χ0) is 17.8. The minimum absolute atomic E-state index is 0.0724. The van der Waals surface area contributed by atoms with E-state index in [0.717, 1.165) is 17.3 Å². The number of para-hydroxylation sites is 2. The normalized spacial score (nSPS) is 15.8. The molecule has 25 heavy (non-hydrogen) atoms. The molecular weight excluding hydrogens is 360 g/mol. The van der Waals surface area contributed by atoms with Crippen LogP contribution < -0.4 is 10.1 Å². The van der Waals surface area contributed by atoms with Crippen molar-refractivity contribution < 1.29 is 14.3 Å². The van der Waals surface area contributed by atoms with Crippen molar-refractivity contribution in [2.24, 2.45) is 0 Å². The van der Waals surface area contributed by atoms with Gasteiger partial charge in [-0.1, -0.05) is 35.9 Å². The Labute approximate surface area is 154 Å². The second-order valence-corrected chi connectivity index (χ2v) is 6.63. The van der Waals surface area contributed by atoms with Gasteiger partial charge in [0.25, 0.3) is 11.1 Å². The van der Waals surface area contributed by atoms with Crippen LogP contribution in [0.1, 0.15) is 5.56 Å². The Balaban J connectivity index is 1.72. The predicted octanol–water partition coefficient (Wildman–Crippen LogP) is 4.45. The number of benzene rings is 2. The first-order chi connectivity index (χ1) is 12.1. The van der Waals surface area contributed by atoms with Crippen LogP contribution in [-0.2, 0) is 4.79 Å². The Morgan fingerprint density at radius 1 is 1.16 bits per heavy atom. The molecule has 1 N–H and O–H groups in total. The van der Waals surface area contributed by atoms with Gasteiger partial charge >= 0.3 is 0 Å². The number of amides is 2. The molecule has 0 spiro atoms. The van der Waals surface area contributed by atoms with Gasteiger partial charge in [0.1, 0.15) is 5.75 Å². The molecule has 1 saturated heterocycles. The SMILES string of the molecule is COc1ccccc1NCN1C(=O)S/C(=C\c2ccc(Cl)cc2)C1=O. The molecule has 1 aliphatic rings. The second-order valence-electron chi connectivity index (χ2n) is 5.20. The molecule has 0 unspecified atom stereocenters. The molecule has 1 aliphatic heterocycles. The molecule has 1 heterocycles. The van der Waals surface area contributed by atoms with Gasteiger partial charge in [-0.05, 0) is 47.7 Å². The summed E-state index contributed by atoms with van der Waals surface area (Å²) in [5.74, 6) is 0.318. The number of halogens is 1. The second kappa shape index (κ2) is 7.63. The van der Waals surface area contributed by atoms with E-state index in [4.69, 9.17) is 16.3 Å². The van der Waals surface area contributed by atoms with Crippen LogP contribution in [0.3, 0.4) is 0 Å². The number of imide groups is 1. The van der Waals surface area contributed by atoms with E-state index in [2.05, 4.69) is 5.32 Å². The van der Waals surface area contributed by atoms with Gasteiger partial charge < -0.3 is 10.1 Å². The van der Waals surface area contributed by atoms with Crippen molar-refractivity contribution in [2.75, 3.05) is 19.1 Å². The summed E-state index contributed by atoms with van der Waals surface area (Å²) >= 11 is 6.77. The summed E-state index contributed by atoms with van der Waals surface area (Å²) in [5.41, 5.74) is 1.53. The molecule has 0 aromatic heterocycles. The summed E-state index contributed by atoms with van der Waals surface area (Å²) in [6.45, 7) is 0.0724. The third-order valence-electron chi connectivity index (χ3n) is 3.58. The highest BCUT2D eigenvalue weighted by molar-refractivity contribution is 8.18. The average Bonchev–Trinajstić information content (AvgIpc) is 2.89. The molecule has 3 rings (SSSR count). The van der Waals surface area contributed by atoms with Crippen LogP contribution in [0.15, 0.2) is 53.4 Å². The standard InChI is InChI=1S/C18H15ClN2O3S/c1-24-15-5-3-2-4-14(15)20-11-21-17(22)16(25-18(21)23)10-12-6-8-13(19)9-7-12/h2-10,20H,11H2,1H3/b16-10-. The number of nitrogens with one attached hydrogen (secondary N) is 1. The van der Waals surface area contributed by atoms with Crippen LogP contribution in [0.5, 0.6) is 5.75 Å². The third kappa shape index (κ3) is 3.97. The maximum absolute atomic E-state index is 12.5. The van der Waals surface area contributed by atoms with Crippen molar-refractivity contribution in [3.63, 3.8) is 0 Å². The zero-order valence-electron chi connectivity index (χ0n) is 13.4. The fourth-order valence-corrected chi connectivity index (χ4v) is 3.27. The number of carbonyl (C=O) groups excluding carboxylic acids is 2. The number of hydrogen-bond donors (Lipinski definition) is 1. The Kier molecular flexibility index (Phi) is 5.31. The molecule has 5 nitrogen and oxygen atoms in total. The highest BCUT2D eigenvalue weighted by atomic mass is 35.5. The maximum Gasteiger partial charge on any atom is 0.295 e. The molecule has 2 amide bonds. The Hall–Kier alpha value is -2.44. The first-order valence-corrected chi connectivity index (χ1v) is 8.66. The van der Waals surface area contributed by atoms with Crippen LogP contribution in [0.25, 0.3) is 6.08 Å². The predicted molar refractivity (Wildman–Crippen MR) is 101 cm³/mol. The quantitative estimate of drug-likeness (QED) is 0.783. The number of rotatable bonds is 5. The van der Waals surface area contributed by atoms with Crippen molar-refractivity contribution >= 4 is 46.3 Å². The summed E-state index contributed by atoms with van der Waals surface area (Å²) < 4.78 is 5.25. The van der Waals surface area contributed by atoms with Gasteiger partial charge in [0.05, 0.1) is 24.4 Å². The summed E-state index contributed by atoms with van der Waals surface area (Å²) in [5, 5.41) is 3.36. The van der Waals surface area contributed by atoms with Crippen LogP contribution in [0.4, 0.5) is 10.5 Å². The molecule has 0 bridgehead atoms. The van der Waals surface area contributed by atoms with E-state index in [0.29, 0.717) is 21.4 Å². The first-order valence-electron chi connectivity index (χ1n) is 7.46. The van der Waals surface area contributed by atoms with Gasteiger partial charge in [0, 0.05) is 5.02 Å². The van der Waals surface area contributed by atoms with Gasteiger partial charge in [-0.2, -0.15) is 0 Å². The Morgan fingerprint density at radius 3 is 2.60 bits per heavy atom. The lowest BCUT2D eigenvalue weighted by molar-refractivity contribution is -0.122. The van der Waals surface area contributed by atoms with E-state index in [9.17, 15) is 9.59 Å². The Bertz CT molecular complexity index is 836. The van der Waals surface area contributed by atoms with E-state index in [-0.39, 0.29) is 17.8 Å². The van der Waals surface area contributed by atoms with Gasteiger partial charge in [-0.3, -0.25) is 14.5 Å². The number of hydrogen-bond acceptors (Lipinski definition) is 5. The van der Waals surface area contributed by atoms with Gasteiger partial charge in [0.2, 0.25) is 0 Å². The van der Waals surface area contributed by atoms with Crippen molar-refractivity contribution in [3.05, 3.63) is 64.0 Å². The molecule has 2 aromatic rings. The van der Waals surface area contributed by atoms with Crippen LogP contribution >= 0.6 is 23.4 Å². The smallest absolute Gasteiger partial charge is 0.295 e. The number of methoxy groups -OCH3 is 1. The lowest BCUT2D eigenvalue weighted by atomic mass is 10.2. The average molecular weight is 375 g/mol. The zero-order valence-corrected chi connectivity index (χ0v) is 14.9. The largest absolute Gasteiger partial charge is 0.495 e. The fourth-order valence-electron chi connectivity index (χ4n) is 2.30. The monoisotopic (exact) mass is 374 g/mol. The summed E-state index contributed by atoms with van der Waals surface area (Å²) in [6.07, 6.45) is 1.68. The summed E-state index contributed by atoms with van der Waals surface area (Å²) in [7, 11) is 1.56. The van der Waals surface area contributed by atoms with E-state index in [1.807, 2.05) is 18.2 Å². The van der Waals surface area contributed by atoms with E-state index < -0.39 is 0 Å². The molecule has 128 valence electrons. The number of ether oxygens (including phenoxy) is 1. The molecule has 0 atom stereocenters. The third-order valence-corrected chi connectivity index (χ3v) is 4.74. The first kappa shape index (κ1) is 17.4. The number of nitrogens with zero attached hydrogens (tertiary/aromatic N) is 1. The van der Waals surface area contributed by atoms with Gasteiger partial charge in [-0.25, -0.2) is 0 Å². The molecule has 0 aliphatic carbocycles. The highest BCUT2D eigenvalue weighted by Gasteiger charge is 2.34. The minimum Gasteiger partial charge on any atom is -0.495 e. The summed E-state index contributed by atoms with van der Waals surface area (Å²) in [4.78, 5) is 26.2. The highest BCUT2D eigenvalue weighted by Crippen LogP contribution is 2.32. The minimum atomic E-state index is -0.327. The molecular formula is C18H15ClN2O3S. The number of carbonyl (C=O) groups is 2. The molecule has 1 fully saturated rings. The van der Waals surface area contributed by atoms with Crippen LogP contribution in [0.2, 0.25) is 5.02 Å². The molecule has 0 radical (unpaired) electrons. The Morgan fingerprint density at radius 2 is 1.88 bits per heavy atom. The number of anilines is 1. The van der Waals surface area contributed by atoms with E-state index >= 15 is 0 Å². The van der Waals surface area contributed by atoms with Crippen molar-refractivity contribution in [1.82, 2.24) is 4.90 Å². The maximum atomic E-state index is 12.5. The van der Waals surface area contributed by atoms with Crippen molar-refractivity contribution in [3.8, 4) is 5.75 Å². The lowest BCUT2D eigenvalue weighted by Crippen LogP contribution is -2.33. The molecule has 7 heteroatoms. The summed E-state index contributed by atoms with van der Waals surface area (Å²) in [6, 6.07) is 14.4. The van der Waals surface area contributed by atoms with Crippen molar-refractivity contribution in [2.45, 2.75) is 0 Å². The van der Waals surface area contributed by atoms with E-state index in [1.54, 1.807) is 43.5 Å². The topological polar surface area (TPSA) is 58.6 Å².